The van der Waals surface area contributed by atoms with Gasteiger partial charge in [-0.15, -0.1) is 0 Å². The van der Waals surface area contributed by atoms with Crippen LogP contribution < -0.4 is 5.32 Å². The normalized spacial score (nSPS) is 23.7. The number of ketones is 1. The van der Waals surface area contributed by atoms with Crippen LogP contribution in [-0.4, -0.2) is 31.1 Å². The number of carbonyl (C=O) groups excluding carboxylic acids is 2. The van der Waals surface area contributed by atoms with Gasteiger partial charge in [-0.1, -0.05) is 68.4 Å². The van der Waals surface area contributed by atoms with E-state index < -0.39 is 5.92 Å². The van der Waals surface area contributed by atoms with Crippen molar-refractivity contribution in [3.8, 4) is 11.1 Å². The maximum absolute atomic E-state index is 13.5. The number of hydrogen-bond acceptors (Lipinski definition) is 5. The zero-order chi connectivity index (χ0) is 24.6. The molecule has 0 aromatic heterocycles. The van der Waals surface area contributed by atoms with Crippen LogP contribution in [0.1, 0.15) is 57.9 Å². The highest BCUT2D eigenvalue weighted by Crippen LogP contribution is 2.47. The summed E-state index contributed by atoms with van der Waals surface area (Å²) in [5.74, 6) is -0.735. The first-order chi connectivity index (χ1) is 16.8. The average molecular weight is 472 g/mol. The molecule has 1 fully saturated rings. The second kappa shape index (κ2) is 9.46. The third-order valence-electron chi connectivity index (χ3n) is 7.24. The summed E-state index contributed by atoms with van der Waals surface area (Å²) in [6, 6.07) is 18.4. The molecule has 2 heterocycles. The number of benzene rings is 2. The summed E-state index contributed by atoms with van der Waals surface area (Å²) in [4.78, 5) is 26.9. The topological polar surface area (TPSA) is 64.6 Å². The minimum atomic E-state index is -0.448. The highest BCUT2D eigenvalue weighted by atomic mass is 16.6. The van der Waals surface area contributed by atoms with Crippen molar-refractivity contribution < 1.29 is 19.1 Å². The van der Waals surface area contributed by atoms with Crippen LogP contribution in [0.3, 0.4) is 0 Å². The fraction of sp³-hybridized carbons (Fsp3) is 0.400. The van der Waals surface area contributed by atoms with Crippen molar-refractivity contribution in [2.45, 2.75) is 58.5 Å². The standard InChI is InChI=1S/C30H33NO4/c1-19-26(29(33)35-18-23-10-7-15-34-23)27(28-24(31-19)16-30(2,3)17-25(28)32)22-13-11-21(12-14-22)20-8-5-4-6-9-20/h4-6,8-9,11-14,23,27,31H,7,10,15-18H2,1-3H3/t23-,27-/m1/s1. The second-order valence-corrected chi connectivity index (χ2v) is 10.7. The lowest BCUT2D eigenvalue weighted by Gasteiger charge is -2.39. The van der Waals surface area contributed by atoms with Gasteiger partial charge in [0.2, 0.25) is 0 Å². The molecule has 3 aliphatic rings. The Morgan fingerprint density at radius 2 is 1.77 bits per heavy atom. The predicted octanol–water partition coefficient (Wildman–Crippen LogP) is 5.68. The maximum atomic E-state index is 13.5. The Balaban J connectivity index is 1.52. The molecule has 5 nitrogen and oxygen atoms in total. The summed E-state index contributed by atoms with van der Waals surface area (Å²) < 4.78 is 11.4. The summed E-state index contributed by atoms with van der Waals surface area (Å²) in [6.45, 7) is 7.09. The molecule has 2 aliphatic heterocycles. The number of Topliss-reactive ketones (excluding diaryl/α,β-unsaturated/α-hetero) is 1. The molecule has 5 heteroatoms. The number of rotatable bonds is 5. The number of nitrogens with one attached hydrogen (secondary N) is 1. The molecule has 0 saturated carbocycles. The lowest BCUT2D eigenvalue weighted by Crippen LogP contribution is -2.39. The van der Waals surface area contributed by atoms with Gasteiger partial charge in [0, 0.05) is 35.9 Å². The molecule has 2 atom stereocenters. The summed E-state index contributed by atoms with van der Waals surface area (Å²) >= 11 is 0. The van der Waals surface area contributed by atoms with Gasteiger partial charge < -0.3 is 14.8 Å². The van der Waals surface area contributed by atoms with E-state index in [1.54, 1.807) is 0 Å². The molecule has 1 saturated heterocycles. The molecular formula is C30H33NO4. The van der Waals surface area contributed by atoms with E-state index >= 15 is 0 Å². The van der Waals surface area contributed by atoms with E-state index in [0.717, 1.165) is 47.3 Å². The molecule has 182 valence electrons. The smallest absolute Gasteiger partial charge is 0.336 e. The first-order valence-electron chi connectivity index (χ1n) is 12.5. The molecule has 2 aromatic rings. The van der Waals surface area contributed by atoms with Crippen molar-refractivity contribution in [2.24, 2.45) is 5.41 Å². The minimum Gasteiger partial charge on any atom is -0.459 e. The molecule has 35 heavy (non-hydrogen) atoms. The Labute approximate surface area is 207 Å². The highest BCUT2D eigenvalue weighted by molar-refractivity contribution is 6.04. The number of dihydropyridines is 1. The van der Waals surface area contributed by atoms with Crippen LogP contribution in [0.25, 0.3) is 11.1 Å². The molecule has 0 radical (unpaired) electrons. The highest BCUT2D eigenvalue weighted by Gasteiger charge is 2.43. The van der Waals surface area contributed by atoms with Crippen molar-refractivity contribution in [1.29, 1.82) is 0 Å². The van der Waals surface area contributed by atoms with Crippen LogP contribution in [0.4, 0.5) is 0 Å². The van der Waals surface area contributed by atoms with Gasteiger partial charge in [0.05, 0.1) is 11.7 Å². The van der Waals surface area contributed by atoms with Gasteiger partial charge >= 0.3 is 5.97 Å². The lowest BCUT2D eigenvalue weighted by atomic mass is 9.68. The lowest BCUT2D eigenvalue weighted by molar-refractivity contribution is -0.142. The van der Waals surface area contributed by atoms with Crippen molar-refractivity contribution in [3.63, 3.8) is 0 Å². The van der Waals surface area contributed by atoms with Crippen LogP contribution in [0.5, 0.6) is 0 Å². The van der Waals surface area contributed by atoms with E-state index in [4.69, 9.17) is 9.47 Å². The van der Waals surface area contributed by atoms with Crippen molar-refractivity contribution in [1.82, 2.24) is 5.32 Å². The summed E-state index contributed by atoms with van der Waals surface area (Å²) in [5.41, 5.74) is 5.92. The number of hydrogen-bond donors (Lipinski definition) is 1. The SMILES string of the molecule is CC1=C(C(=O)OC[C@H]2CCCO2)[C@@H](c2ccc(-c3ccccc3)cc2)C2=C(CC(C)(C)CC2=O)N1. The van der Waals surface area contributed by atoms with Crippen LogP contribution in [0.2, 0.25) is 0 Å². The molecule has 0 bridgehead atoms. The largest absolute Gasteiger partial charge is 0.459 e. The molecule has 5 rings (SSSR count). The third-order valence-corrected chi connectivity index (χ3v) is 7.24. The van der Waals surface area contributed by atoms with Gasteiger partial charge in [-0.2, -0.15) is 0 Å². The Hall–Kier alpha value is -3.18. The van der Waals surface area contributed by atoms with Gasteiger partial charge in [-0.25, -0.2) is 4.79 Å². The van der Waals surface area contributed by atoms with E-state index in [1.807, 2.05) is 37.3 Å². The van der Waals surface area contributed by atoms with E-state index in [9.17, 15) is 9.59 Å². The summed E-state index contributed by atoms with van der Waals surface area (Å²) in [6.07, 6.45) is 3.07. The van der Waals surface area contributed by atoms with Crippen LogP contribution in [0, 0.1) is 5.41 Å². The number of carbonyl (C=O) groups is 2. The first kappa shape index (κ1) is 23.6. The molecule has 0 unspecified atom stereocenters. The second-order valence-electron chi connectivity index (χ2n) is 10.7. The summed E-state index contributed by atoms with van der Waals surface area (Å²) in [7, 11) is 0. The van der Waals surface area contributed by atoms with E-state index in [0.29, 0.717) is 24.2 Å². The fourth-order valence-corrected chi connectivity index (χ4v) is 5.56. The van der Waals surface area contributed by atoms with Gasteiger partial charge in [0.15, 0.2) is 5.78 Å². The summed E-state index contributed by atoms with van der Waals surface area (Å²) in [5, 5.41) is 3.41. The van der Waals surface area contributed by atoms with Crippen molar-refractivity contribution >= 4 is 11.8 Å². The number of ether oxygens (including phenoxy) is 2. The molecular weight excluding hydrogens is 438 g/mol. The van der Waals surface area contributed by atoms with Crippen molar-refractivity contribution in [2.75, 3.05) is 13.2 Å². The van der Waals surface area contributed by atoms with Crippen LogP contribution in [-0.2, 0) is 19.1 Å². The van der Waals surface area contributed by atoms with Gasteiger partial charge in [-0.3, -0.25) is 4.79 Å². The van der Waals surface area contributed by atoms with Gasteiger partial charge in [0.1, 0.15) is 6.61 Å². The van der Waals surface area contributed by atoms with Crippen LogP contribution in [0.15, 0.2) is 77.1 Å². The molecule has 0 spiro atoms. The van der Waals surface area contributed by atoms with E-state index in [1.165, 1.54) is 0 Å². The monoisotopic (exact) mass is 471 g/mol. The molecule has 2 aromatic carbocycles. The number of esters is 1. The Bertz CT molecular complexity index is 1180. The Kier molecular flexibility index (Phi) is 6.37. The van der Waals surface area contributed by atoms with Gasteiger partial charge in [-0.05, 0) is 48.3 Å². The van der Waals surface area contributed by atoms with Gasteiger partial charge in [0.25, 0.3) is 0 Å². The maximum Gasteiger partial charge on any atom is 0.336 e. The average Bonchev–Trinajstić information content (AvgIpc) is 3.35. The quantitative estimate of drug-likeness (QED) is 0.569. The zero-order valence-electron chi connectivity index (χ0n) is 20.7. The Morgan fingerprint density at radius 1 is 1.06 bits per heavy atom. The molecule has 1 aliphatic carbocycles. The Morgan fingerprint density at radius 3 is 2.46 bits per heavy atom. The zero-order valence-corrected chi connectivity index (χ0v) is 20.7. The predicted molar refractivity (Wildman–Crippen MR) is 135 cm³/mol. The number of allylic oxidation sites excluding steroid dienone is 3. The first-order valence-corrected chi connectivity index (χ1v) is 12.5. The van der Waals surface area contributed by atoms with Crippen LogP contribution >= 0.6 is 0 Å². The van der Waals surface area contributed by atoms with Crippen molar-refractivity contribution in [3.05, 3.63) is 82.7 Å². The third kappa shape index (κ3) is 4.83. The van der Waals surface area contributed by atoms with E-state index in [2.05, 4.69) is 43.4 Å². The fourth-order valence-electron chi connectivity index (χ4n) is 5.56. The molecule has 0 amide bonds. The van der Waals surface area contributed by atoms with E-state index in [-0.39, 0.29) is 29.9 Å². The minimum absolute atomic E-state index is 0.0492. The molecule has 1 N–H and O–H groups in total.